The SMILES string of the molecule is COc1ccc(C)cc1S(=O)(=O)NCC(CC(C)C)N1CCN(C)CC1. The molecule has 1 aliphatic rings. The van der Waals surface area contributed by atoms with E-state index in [1.165, 1.54) is 7.11 Å². The summed E-state index contributed by atoms with van der Waals surface area (Å²) in [5.74, 6) is 0.890. The average molecular weight is 384 g/mol. The highest BCUT2D eigenvalue weighted by Crippen LogP contribution is 2.25. The lowest BCUT2D eigenvalue weighted by atomic mass is 10.0. The van der Waals surface area contributed by atoms with E-state index < -0.39 is 10.0 Å². The van der Waals surface area contributed by atoms with E-state index >= 15 is 0 Å². The number of benzene rings is 1. The van der Waals surface area contributed by atoms with Crippen LogP contribution in [0.4, 0.5) is 0 Å². The van der Waals surface area contributed by atoms with Gasteiger partial charge in [-0.1, -0.05) is 19.9 Å². The van der Waals surface area contributed by atoms with E-state index in [1.54, 1.807) is 12.1 Å². The van der Waals surface area contributed by atoms with Crippen LogP contribution in [-0.2, 0) is 10.0 Å². The van der Waals surface area contributed by atoms with Crippen molar-refractivity contribution in [3.8, 4) is 5.75 Å². The van der Waals surface area contributed by atoms with Crippen molar-refractivity contribution >= 4 is 10.0 Å². The molecule has 1 atom stereocenters. The van der Waals surface area contributed by atoms with E-state index in [0.717, 1.165) is 38.2 Å². The molecule has 1 aliphatic heterocycles. The largest absolute Gasteiger partial charge is 0.495 e. The van der Waals surface area contributed by atoms with Gasteiger partial charge in [-0.2, -0.15) is 0 Å². The summed E-state index contributed by atoms with van der Waals surface area (Å²) < 4.78 is 33.8. The maximum atomic E-state index is 12.9. The smallest absolute Gasteiger partial charge is 0.244 e. The van der Waals surface area contributed by atoms with Gasteiger partial charge in [-0.05, 0) is 44.0 Å². The molecule has 0 saturated carbocycles. The van der Waals surface area contributed by atoms with Crippen LogP contribution in [0.2, 0.25) is 0 Å². The quantitative estimate of drug-likeness (QED) is 0.743. The van der Waals surface area contributed by atoms with E-state index in [1.807, 2.05) is 13.0 Å². The number of nitrogens with one attached hydrogen (secondary N) is 1. The molecule has 26 heavy (non-hydrogen) atoms. The standard InChI is InChI=1S/C19H33N3O3S/c1-15(2)12-17(22-10-8-21(4)9-11-22)14-20-26(23,24)19-13-16(3)6-7-18(19)25-5/h6-7,13,15,17,20H,8-12,14H2,1-5H3. The first kappa shape index (κ1) is 21.2. The lowest BCUT2D eigenvalue weighted by Crippen LogP contribution is -2.52. The molecule has 1 unspecified atom stereocenters. The first-order chi connectivity index (χ1) is 12.2. The van der Waals surface area contributed by atoms with E-state index in [2.05, 4.69) is 35.4 Å². The zero-order valence-electron chi connectivity index (χ0n) is 16.7. The van der Waals surface area contributed by atoms with Crippen LogP contribution in [0.15, 0.2) is 23.1 Å². The third-order valence-corrected chi connectivity index (χ3v) is 6.36. The molecule has 0 aromatic heterocycles. The predicted molar refractivity (Wildman–Crippen MR) is 105 cm³/mol. The maximum absolute atomic E-state index is 12.9. The molecule has 0 spiro atoms. The van der Waals surface area contributed by atoms with Gasteiger partial charge in [0, 0.05) is 38.8 Å². The number of hydrogen-bond acceptors (Lipinski definition) is 5. The van der Waals surface area contributed by atoms with Gasteiger partial charge in [-0.25, -0.2) is 13.1 Å². The van der Waals surface area contributed by atoms with Crippen LogP contribution in [0.3, 0.4) is 0 Å². The second-order valence-corrected chi connectivity index (χ2v) is 9.36. The van der Waals surface area contributed by atoms with Gasteiger partial charge in [0.05, 0.1) is 7.11 Å². The first-order valence-corrected chi connectivity index (χ1v) is 10.8. The van der Waals surface area contributed by atoms with E-state index in [9.17, 15) is 8.42 Å². The van der Waals surface area contributed by atoms with Crippen LogP contribution < -0.4 is 9.46 Å². The summed E-state index contributed by atoms with van der Waals surface area (Å²) in [5.41, 5.74) is 0.893. The zero-order chi connectivity index (χ0) is 19.3. The summed E-state index contributed by atoms with van der Waals surface area (Å²) in [6.07, 6.45) is 0.969. The van der Waals surface area contributed by atoms with Crippen LogP contribution >= 0.6 is 0 Å². The van der Waals surface area contributed by atoms with Gasteiger partial charge in [-0.3, -0.25) is 4.90 Å². The van der Waals surface area contributed by atoms with Gasteiger partial charge >= 0.3 is 0 Å². The number of nitrogens with zero attached hydrogens (tertiary/aromatic N) is 2. The second kappa shape index (κ2) is 9.17. The molecule has 1 aromatic rings. The number of likely N-dealkylation sites (N-methyl/N-ethyl adjacent to an activating group) is 1. The maximum Gasteiger partial charge on any atom is 0.244 e. The number of sulfonamides is 1. The molecule has 7 heteroatoms. The highest BCUT2D eigenvalue weighted by atomic mass is 32.2. The van der Waals surface area contributed by atoms with Crippen molar-refractivity contribution in [2.75, 3.05) is 46.9 Å². The van der Waals surface area contributed by atoms with E-state index in [0.29, 0.717) is 18.2 Å². The Balaban J connectivity index is 2.12. The summed E-state index contributed by atoms with van der Waals surface area (Å²) in [5, 5.41) is 0. The molecule has 1 aromatic carbocycles. The number of hydrogen-bond donors (Lipinski definition) is 1. The third kappa shape index (κ3) is 5.67. The molecule has 148 valence electrons. The van der Waals surface area contributed by atoms with E-state index in [4.69, 9.17) is 4.74 Å². The molecule has 1 saturated heterocycles. The Labute approximate surface area is 158 Å². The summed E-state index contributed by atoms with van der Waals surface area (Å²) >= 11 is 0. The topological polar surface area (TPSA) is 61.9 Å². The van der Waals surface area contributed by atoms with Crippen molar-refractivity contribution in [2.24, 2.45) is 5.92 Å². The van der Waals surface area contributed by atoms with Crippen LogP contribution in [-0.4, -0.2) is 71.1 Å². The molecule has 1 heterocycles. The number of aryl methyl sites for hydroxylation is 1. The van der Waals surface area contributed by atoms with Crippen LogP contribution in [0, 0.1) is 12.8 Å². The molecule has 0 bridgehead atoms. The summed E-state index contributed by atoms with van der Waals surface area (Å²) in [4.78, 5) is 4.93. The highest BCUT2D eigenvalue weighted by molar-refractivity contribution is 7.89. The minimum atomic E-state index is -3.62. The van der Waals surface area contributed by atoms with Gasteiger partial charge in [0.25, 0.3) is 0 Å². The van der Waals surface area contributed by atoms with Crippen molar-refractivity contribution in [3.05, 3.63) is 23.8 Å². The van der Waals surface area contributed by atoms with Gasteiger partial charge in [0.15, 0.2) is 0 Å². The summed E-state index contributed by atoms with van der Waals surface area (Å²) in [6, 6.07) is 5.42. The van der Waals surface area contributed by atoms with Crippen molar-refractivity contribution < 1.29 is 13.2 Å². The molecule has 2 rings (SSSR count). The number of rotatable bonds is 8. The number of methoxy groups -OCH3 is 1. The minimum absolute atomic E-state index is 0.203. The Morgan fingerprint density at radius 3 is 2.42 bits per heavy atom. The first-order valence-electron chi connectivity index (χ1n) is 9.30. The highest BCUT2D eigenvalue weighted by Gasteiger charge is 2.26. The monoisotopic (exact) mass is 383 g/mol. The molecule has 6 nitrogen and oxygen atoms in total. The van der Waals surface area contributed by atoms with Crippen LogP contribution in [0.1, 0.15) is 25.8 Å². The third-order valence-electron chi connectivity index (χ3n) is 4.92. The summed E-state index contributed by atoms with van der Waals surface area (Å²) in [6.45, 7) is 10.7. The molecular weight excluding hydrogens is 350 g/mol. The Morgan fingerprint density at radius 2 is 1.85 bits per heavy atom. The second-order valence-electron chi connectivity index (χ2n) is 7.63. The van der Waals surface area contributed by atoms with Crippen molar-refractivity contribution in [1.29, 1.82) is 0 Å². The fourth-order valence-electron chi connectivity index (χ4n) is 3.37. The molecule has 0 amide bonds. The van der Waals surface area contributed by atoms with Crippen molar-refractivity contribution in [2.45, 2.75) is 38.1 Å². The molecule has 1 N–H and O–H groups in total. The van der Waals surface area contributed by atoms with Gasteiger partial charge in [-0.15, -0.1) is 0 Å². The Bertz CT molecular complexity index is 683. The Hall–Kier alpha value is -1.15. The van der Waals surface area contributed by atoms with Crippen molar-refractivity contribution in [1.82, 2.24) is 14.5 Å². The van der Waals surface area contributed by atoms with E-state index in [-0.39, 0.29) is 10.9 Å². The van der Waals surface area contributed by atoms with Crippen molar-refractivity contribution in [3.63, 3.8) is 0 Å². The van der Waals surface area contributed by atoms with Gasteiger partial charge < -0.3 is 9.64 Å². The van der Waals surface area contributed by atoms with Gasteiger partial charge in [0.1, 0.15) is 10.6 Å². The normalized spacial score (nSPS) is 18.2. The fraction of sp³-hybridized carbons (Fsp3) is 0.684. The Kier molecular flexibility index (Phi) is 7.46. The Morgan fingerprint density at radius 1 is 1.19 bits per heavy atom. The molecule has 0 radical (unpaired) electrons. The van der Waals surface area contributed by atoms with Crippen LogP contribution in [0.25, 0.3) is 0 Å². The average Bonchev–Trinajstić information content (AvgIpc) is 2.59. The molecule has 0 aliphatic carbocycles. The summed E-state index contributed by atoms with van der Waals surface area (Å²) in [7, 11) is 0.00411. The minimum Gasteiger partial charge on any atom is -0.495 e. The van der Waals surface area contributed by atoms with Gasteiger partial charge in [0.2, 0.25) is 10.0 Å². The molecular formula is C19H33N3O3S. The zero-order valence-corrected chi connectivity index (χ0v) is 17.5. The van der Waals surface area contributed by atoms with Crippen LogP contribution in [0.5, 0.6) is 5.75 Å². The number of piperazine rings is 1. The fourth-order valence-corrected chi connectivity index (χ4v) is 4.69. The molecule has 1 fully saturated rings. The number of ether oxygens (including phenoxy) is 1. The predicted octanol–water partition coefficient (Wildman–Crippen LogP) is 1.94. The lowest BCUT2D eigenvalue weighted by molar-refractivity contribution is 0.102. The lowest BCUT2D eigenvalue weighted by Gasteiger charge is -2.38.